The molecule has 1 aromatic rings. The van der Waals surface area contributed by atoms with Crippen LogP contribution in [0.1, 0.15) is 29.3 Å². The number of halogens is 1. The lowest BCUT2D eigenvalue weighted by Crippen LogP contribution is -2.34. The van der Waals surface area contributed by atoms with Gasteiger partial charge in [0.2, 0.25) is 0 Å². The molecule has 1 heterocycles. The van der Waals surface area contributed by atoms with E-state index in [0.717, 1.165) is 5.56 Å². The topological polar surface area (TPSA) is 57.6 Å². The number of carbonyl (C=O) groups excluding carboxylic acids is 1. The number of aryl methyl sites for hydroxylation is 1. The minimum atomic E-state index is -0.857. The fourth-order valence-electron chi connectivity index (χ4n) is 2.22. The highest BCUT2D eigenvalue weighted by Gasteiger charge is 2.42. The van der Waals surface area contributed by atoms with Crippen LogP contribution in [0.15, 0.2) is 18.2 Å². The number of likely N-dealkylation sites (tertiary alicyclic amines) is 1. The number of hydrogen-bond donors (Lipinski definition) is 1. The van der Waals surface area contributed by atoms with Gasteiger partial charge in [0.15, 0.2) is 0 Å². The molecule has 102 valence electrons. The van der Waals surface area contributed by atoms with Crippen LogP contribution in [-0.4, -0.2) is 35.0 Å². The van der Waals surface area contributed by atoms with Crippen LogP contribution in [-0.2, 0) is 4.79 Å². The summed E-state index contributed by atoms with van der Waals surface area (Å²) in [5.74, 6) is -1.02. The van der Waals surface area contributed by atoms with Crippen molar-refractivity contribution in [3.05, 3.63) is 34.3 Å². The van der Waals surface area contributed by atoms with Crippen LogP contribution in [0.2, 0.25) is 5.02 Å². The molecular weight excluding hydrogens is 266 g/mol. The normalized spacial score (nSPS) is 22.6. The predicted molar refractivity (Wildman–Crippen MR) is 72.5 cm³/mol. The van der Waals surface area contributed by atoms with Crippen molar-refractivity contribution in [1.29, 1.82) is 0 Å². The van der Waals surface area contributed by atoms with E-state index in [1.165, 1.54) is 0 Å². The zero-order valence-electron chi connectivity index (χ0n) is 10.9. The Kier molecular flexibility index (Phi) is 3.54. The number of carboxylic acids is 1. The Labute approximate surface area is 117 Å². The molecule has 1 atom stereocenters. The summed E-state index contributed by atoms with van der Waals surface area (Å²) in [7, 11) is 0. The van der Waals surface area contributed by atoms with Crippen LogP contribution in [0.5, 0.6) is 0 Å². The summed E-state index contributed by atoms with van der Waals surface area (Å²) in [6, 6.07) is 5.15. The van der Waals surface area contributed by atoms with Gasteiger partial charge in [0.05, 0.1) is 5.41 Å². The molecule has 1 N–H and O–H groups in total. The van der Waals surface area contributed by atoms with Crippen LogP contribution in [0.25, 0.3) is 0 Å². The van der Waals surface area contributed by atoms with Crippen LogP contribution < -0.4 is 0 Å². The van der Waals surface area contributed by atoms with Crippen molar-refractivity contribution < 1.29 is 14.7 Å². The third-order valence-electron chi connectivity index (χ3n) is 3.70. The Bertz CT molecular complexity index is 543. The Morgan fingerprint density at radius 2 is 2.11 bits per heavy atom. The van der Waals surface area contributed by atoms with Crippen LogP contribution in [0.3, 0.4) is 0 Å². The number of benzene rings is 1. The first-order valence-electron chi connectivity index (χ1n) is 6.12. The summed E-state index contributed by atoms with van der Waals surface area (Å²) >= 11 is 6.01. The van der Waals surface area contributed by atoms with Gasteiger partial charge in [0.1, 0.15) is 0 Å². The van der Waals surface area contributed by atoms with Crippen LogP contribution >= 0.6 is 11.6 Å². The van der Waals surface area contributed by atoms with E-state index >= 15 is 0 Å². The van der Waals surface area contributed by atoms with E-state index in [1.54, 1.807) is 30.0 Å². The second kappa shape index (κ2) is 4.85. The van der Waals surface area contributed by atoms with Crippen molar-refractivity contribution >= 4 is 23.5 Å². The Balaban J connectivity index is 2.18. The minimum Gasteiger partial charge on any atom is -0.481 e. The molecular formula is C14H16ClNO3. The molecule has 0 aliphatic carbocycles. The molecule has 1 amide bonds. The molecule has 1 aliphatic rings. The van der Waals surface area contributed by atoms with E-state index in [0.29, 0.717) is 23.6 Å². The SMILES string of the molecule is Cc1ccc(C(=O)N2CCC(C)(C(=O)O)C2)cc1Cl. The van der Waals surface area contributed by atoms with Crippen molar-refractivity contribution in [3.63, 3.8) is 0 Å². The summed E-state index contributed by atoms with van der Waals surface area (Å²) in [5.41, 5.74) is 0.574. The predicted octanol–water partition coefficient (Wildman–Crippen LogP) is 2.59. The van der Waals surface area contributed by atoms with Gasteiger partial charge >= 0.3 is 5.97 Å². The monoisotopic (exact) mass is 281 g/mol. The maximum atomic E-state index is 12.3. The van der Waals surface area contributed by atoms with E-state index in [1.807, 2.05) is 6.92 Å². The number of carbonyl (C=O) groups is 2. The lowest BCUT2D eigenvalue weighted by Gasteiger charge is -2.20. The standard InChI is InChI=1S/C14H16ClNO3/c1-9-3-4-10(7-11(9)15)12(17)16-6-5-14(2,8-16)13(18)19/h3-4,7H,5-6,8H2,1-2H3,(H,18,19). The number of aliphatic carboxylic acids is 1. The molecule has 2 rings (SSSR count). The zero-order chi connectivity index (χ0) is 14.2. The summed E-state index contributed by atoms with van der Waals surface area (Å²) in [4.78, 5) is 25.0. The molecule has 0 saturated carbocycles. The fourth-order valence-corrected chi connectivity index (χ4v) is 2.40. The second-order valence-electron chi connectivity index (χ2n) is 5.31. The smallest absolute Gasteiger partial charge is 0.311 e. The molecule has 19 heavy (non-hydrogen) atoms. The number of nitrogens with zero attached hydrogens (tertiary/aromatic N) is 1. The molecule has 0 spiro atoms. The molecule has 0 aromatic heterocycles. The van der Waals surface area contributed by atoms with Crippen molar-refractivity contribution in [1.82, 2.24) is 4.90 Å². The quantitative estimate of drug-likeness (QED) is 0.906. The summed E-state index contributed by atoms with van der Waals surface area (Å²) < 4.78 is 0. The van der Waals surface area contributed by atoms with Gasteiger partial charge in [-0.05, 0) is 38.0 Å². The molecule has 1 aromatic carbocycles. The molecule has 4 nitrogen and oxygen atoms in total. The van der Waals surface area contributed by atoms with E-state index in [4.69, 9.17) is 16.7 Å². The highest BCUT2D eigenvalue weighted by Crippen LogP contribution is 2.31. The van der Waals surface area contributed by atoms with Gasteiger partial charge < -0.3 is 10.0 Å². The second-order valence-corrected chi connectivity index (χ2v) is 5.71. The molecule has 0 radical (unpaired) electrons. The lowest BCUT2D eigenvalue weighted by atomic mass is 9.90. The van der Waals surface area contributed by atoms with E-state index in [9.17, 15) is 9.59 Å². The minimum absolute atomic E-state index is 0.160. The number of amides is 1. The van der Waals surface area contributed by atoms with Crippen molar-refractivity contribution in [3.8, 4) is 0 Å². The first-order valence-corrected chi connectivity index (χ1v) is 6.50. The number of hydrogen-bond acceptors (Lipinski definition) is 2. The molecule has 5 heteroatoms. The number of carboxylic acid groups (broad SMARTS) is 1. The van der Waals surface area contributed by atoms with E-state index in [2.05, 4.69) is 0 Å². The highest BCUT2D eigenvalue weighted by molar-refractivity contribution is 6.31. The van der Waals surface area contributed by atoms with Crippen LogP contribution in [0.4, 0.5) is 0 Å². The summed E-state index contributed by atoms with van der Waals surface area (Å²) in [5, 5.41) is 9.71. The molecule has 1 saturated heterocycles. The van der Waals surface area contributed by atoms with E-state index < -0.39 is 11.4 Å². The first kappa shape index (κ1) is 13.9. The molecule has 1 fully saturated rings. The molecule has 0 bridgehead atoms. The number of rotatable bonds is 2. The molecule has 1 unspecified atom stereocenters. The average Bonchev–Trinajstić information content (AvgIpc) is 2.76. The fraction of sp³-hybridized carbons (Fsp3) is 0.429. The van der Waals surface area contributed by atoms with Gasteiger partial charge in [0, 0.05) is 23.7 Å². The summed E-state index contributed by atoms with van der Waals surface area (Å²) in [6.45, 7) is 4.25. The van der Waals surface area contributed by atoms with Crippen molar-refractivity contribution in [2.24, 2.45) is 5.41 Å². The maximum Gasteiger partial charge on any atom is 0.311 e. The van der Waals surface area contributed by atoms with Gasteiger partial charge in [-0.1, -0.05) is 17.7 Å². The van der Waals surface area contributed by atoms with Gasteiger partial charge in [0.25, 0.3) is 5.91 Å². The first-order chi connectivity index (χ1) is 8.83. The average molecular weight is 282 g/mol. The Morgan fingerprint density at radius 1 is 1.42 bits per heavy atom. The molecule has 1 aliphatic heterocycles. The third-order valence-corrected chi connectivity index (χ3v) is 4.10. The Morgan fingerprint density at radius 3 is 2.63 bits per heavy atom. The lowest BCUT2D eigenvalue weighted by molar-refractivity contribution is -0.147. The zero-order valence-corrected chi connectivity index (χ0v) is 11.7. The largest absolute Gasteiger partial charge is 0.481 e. The van der Waals surface area contributed by atoms with Crippen LogP contribution in [0, 0.1) is 12.3 Å². The van der Waals surface area contributed by atoms with Gasteiger partial charge in [-0.3, -0.25) is 9.59 Å². The van der Waals surface area contributed by atoms with Gasteiger partial charge in [-0.15, -0.1) is 0 Å². The maximum absolute atomic E-state index is 12.3. The van der Waals surface area contributed by atoms with Crippen molar-refractivity contribution in [2.45, 2.75) is 20.3 Å². The highest BCUT2D eigenvalue weighted by atomic mass is 35.5. The van der Waals surface area contributed by atoms with Crippen molar-refractivity contribution in [2.75, 3.05) is 13.1 Å². The third kappa shape index (κ3) is 2.59. The Hall–Kier alpha value is -1.55. The van der Waals surface area contributed by atoms with Gasteiger partial charge in [-0.25, -0.2) is 0 Å². The summed E-state index contributed by atoms with van der Waals surface area (Å²) in [6.07, 6.45) is 0.480. The van der Waals surface area contributed by atoms with Gasteiger partial charge in [-0.2, -0.15) is 0 Å². The van der Waals surface area contributed by atoms with E-state index in [-0.39, 0.29) is 12.5 Å².